The number of sulfonamides is 1. The number of nitrogens with zero attached hydrogens (tertiary/aromatic N) is 1. The summed E-state index contributed by atoms with van der Waals surface area (Å²) in [6.45, 7) is 3.19. The average Bonchev–Trinajstić information content (AvgIpc) is 2.97. The molecule has 0 bridgehead atoms. The molecule has 2 aliphatic rings. The molecule has 1 aliphatic carbocycles. The lowest BCUT2D eigenvalue weighted by atomic mass is 9.87. The number of carbonyl (C=O) groups excluding carboxylic acids is 1. The number of hydrogen-bond donors (Lipinski definition) is 2. The third-order valence-corrected chi connectivity index (χ3v) is 9.62. The molecule has 1 heterocycles. The van der Waals surface area contributed by atoms with Crippen LogP contribution < -0.4 is 10.0 Å². The Labute approximate surface area is 249 Å². The lowest BCUT2D eigenvalue weighted by Crippen LogP contribution is -2.41. The molecule has 11 heteroatoms. The number of hydrogen-bond acceptors (Lipinski definition) is 4. The van der Waals surface area contributed by atoms with Crippen molar-refractivity contribution in [3.05, 3.63) is 100 Å². The summed E-state index contributed by atoms with van der Waals surface area (Å²) in [6, 6.07) is 13.6. The molecule has 2 atom stereocenters. The maximum absolute atomic E-state index is 13.6. The summed E-state index contributed by atoms with van der Waals surface area (Å²) >= 11 is 0. The van der Waals surface area contributed by atoms with Crippen LogP contribution in [0, 0.1) is 5.82 Å². The number of piperidine rings is 1. The Hall–Kier alpha value is -3.28. The average molecular weight is 618 g/mol. The van der Waals surface area contributed by atoms with Crippen LogP contribution in [0.1, 0.15) is 66.0 Å². The van der Waals surface area contributed by atoms with Gasteiger partial charge < -0.3 is 5.32 Å². The molecule has 0 radical (unpaired) electrons. The molecule has 2 unspecified atom stereocenters. The zero-order valence-electron chi connectivity index (χ0n) is 23.7. The molecule has 1 fully saturated rings. The van der Waals surface area contributed by atoms with E-state index in [4.69, 9.17) is 0 Å². The van der Waals surface area contributed by atoms with Crippen LogP contribution in [0.15, 0.2) is 71.6 Å². The number of carbonyl (C=O) groups is 1. The normalized spacial score (nSPS) is 18.6. The Bertz CT molecular complexity index is 1540. The van der Waals surface area contributed by atoms with Gasteiger partial charge >= 0.3 is 6.18 Å². The zero-order valence-corrected chi connectivity index (χ0v) is 24.5. The van der Waals surface area contributed by atoms with Crippen molar-refractivity contribution in [2.75, 3.05) is 13.1 Å². The number of halogens is 4. The fraction of sp³-hybridized carbons (Fsp3) is 0.406. The highest BCUT2D eigenvalue weighted by Crippen LogP contribution is 2.31. The van der Waals surface area contributed by atoms with Crippen molar-refractivity contribution < 1.29 is 30.8 Å². The summed E-state index contributed by atoms with van der Waals surface area (Å²) < 4.78 is 81.9. The third-order valence-electron chi connectivity index (χ3n) is 8.15. The van der Waals surface area contributed by atoms with E-state index in [0.717, 1.165) is 62.8 Å². The van der Waals surface area contributed by atoms with Crippen LogP contribution in [-0.4, -0.2) is 38.4 Å². The summed E-state index contributed by atoms with van der Waals surface area (Å²) in [4.78, 5) is 15.1. The fourth-order valence-corrected chi connectivity index (χ4v) is 7.17. The first-order valence-electron chi connectivity index (χ1n) is 14.5. The van der Waals surface area contributed by atoms with Crippen LogP contribution in [0.5, 0.6) is 0 Å². The van der Waals surface area contributed by atoms with Crippen LogP contribution in [0.4, 0.5) is 17.6 Å². The predicted octanol–water partition coefficient (Wildman–Crippen LogP) is 5.91. The van der Waals surface area contributed by atoms with Gasteiger partial charge in [-0.05, 0) is 97.8 Å². The van der Waals surface area contributed by atoms with Gasteiger partial charge in [0.15, 0.2) is 0 Å². The smallest absolute Gasteiger partial charge is 0.353 e. The topological polar surface area (TPSA) is 78.5 Å². The molecule has 5 rings (SSSR count). The van der Waals surface area contributed by atoms with E-state index in [2.05, 4.69) is 33.1 Å². The lowest BCUT2D eigenvalue weighted by Gasteiger charge is -2.29. The monoisotopic (exact) mass is 617 g/mol. The summed E-state index contributed by atoms with van der Waals surface area (Å²) in [6.07, 6.45) is 0.891. The number of aryl methyl sites for hydroxylation is 1. The summed E-state index contributed by atoms with van der Waals surface area (Å²) in [5.74, 6) is -0.969. The van der Waals surface area contributed by atoms with Gasteiger partial charge in [0.1, 0.15) is 5.82 Å². The zero-order chi connectivity index (χ0) is 30.6. The van der Waals surface area contributed by atoms with Gasteiger partial charge in [0.05, 0.1) is 16.5 Å². The molecule has 43 heavy (non-hydrogen) atoms. The van der Waals surface area contributed by atoms with Gasteiger partial charge in [0.25, 0.3) is 0 Å². The first kappa shape index (κ1) is 31.2. The number of nitrogens with one attached hydrogen (secondary N) is 2. The largest absolute Gasteiger partial charge is 0.416 e. The van der Waals surface area contributed by atoms with Crippen molar-refractivity contribution in [2.45, 2.75) is 74.6 Å². The summed E-state index contributed by atoms with van der Waals surface area (Å²) in [7, 11) is -4.46. The van der Waals surface area contributed by atoms with Crippen molar-refractivity contribution in [3.8, 4) is 0 Å². The van der Waals surface area contributed by atoms with E-state index >= 15 is 0 Å². The number of alkyl halides is 3. The molecule has 1 saturated heterocycles. The first-order chi connectivity index (χ1) is 20.5. The van der Waals surface area contributed by atoms with Crippen molar-refractivity contribution in [2.24, 2.45) is 0 Å². The molecule has 6 nitrogen and oxygen atoms in total. The van der Waals surface area contributed by atoms with Gasteiger partial charge in [-0.2, -0.15) is 13.2 Å². The number of likely N-dealkylation sites (tertiary alicyclic amines) is 1. The lowest BCUT2D eigenvalue weighted by molar-refractivity contribution is -0.137. The van der Waals surface area contributed by atoms with Crippen molar-refractivity contribution in [1.29, 1.82) is 0 Å². The molecule has 0 saturated carbocycles. The molecule has 2 N–H and O–H groups in total. The number of amides is 1. The van der Waals surface area contributed by atoms with E-state index in [1.807, 2.05) is 0 Å². The van der Waals surface area contributed by atoms with Crippen LogP contribution in [0.2, 0.25) is 0 Å². The highest BCUT2D eigenvalue weighted by atomic mass is 32.2. The fourth-order valence-electron chi connectivity index (χ4n) is 5.90. The second-order valence-electron chi connectivity index (χ2n) is 11.4. The first-order valence-corrected chi connectivity index (χ1v) is 16.0. The summed E-state index contributed by atoms with van der Waals surface area (Å²) in [5, 5.41) is 3.00. The summed E-state index contributed by atoms with van der Waals surface area (Å²) in [5.41, 5.74) is 2.93. The predicted molar refractivity (Wildman–Crippen MR) is 155 cm³/mol. The SMILES string of the molecule is O=C(CC(NS(=O)(=O)c1cccc(C(F)(F)F)c1)c1ccc(F)cc1)NC1CCc2cc(CN3CCCCC3)ccc2C1. The Morgan fingerprint density at radius 1 is 0.953 bits per heavy atom. The molecule has 1 amide bonds. The van der Waals surface area contributed by atoms with Gasteiger partial charge in [-0.3, -0.25) is 9.69 Å². The van der Waals surface area contributed by atoms with E-state index in [9.17, 15) is 30.8 Å². The molecule has 3 aromatic carbocycles. The molecule has 1 aliphatic heterocycles. The maximum Gasteiger partial charge on any atom is 0.416 e. The molecule has 0 aromatic heterocycles. The minimum atomic E-state index is -4.73. The molecular weight excluding hydrogens is 582 g/mol. The van der Waals surface area contributed by atoms with Crippen LogP contribution in [0.25, 0.3) is 0 Å². The van der Waals surface area contributed by atoms with Gasteiger partial charge in [-0.25, -0.2) is 17.5 Å². The van der Waals surface area contributed by atoms with Crippen molar-refractivity contribution in [3.63, 3.8) is 0 Å². The number of benzene rings is 3. The number of fused-ring (bicyclic) bond motifs is 1. The Morgan fingerprint density at radius 3 is 2.42 bits per heavy atom. The Balaban J connectivity index is 1.26. The second kappa shape index (κ2) is 13.2. The molecule has 3 aromatic rings. The second-order valence-corrected chi connectivity index (χ2v) is 13.1. The van der Waals surface area contributed by atoms with E-state index in [1.165, 1.54) is 48.1 Å². The quantitative estimate of drug-likeness (QED) is 0.293. The molecular formula is C32H35F4N3O3S. The van der Waals surface area contributed by atoms with Crippen LogP contribution in [0.3, 0.4) is 0 Å². The van der Waals surface area contributed by atoms with Crippen LogP contribution in [-0.2, 0) is 40.4 Å². The minimum Gasteiger partial charge on any atom is -0.353 e. The van der Waals surface area contributed by atoms with E-state index in [0.29, 0.717) is 18.1 Å². The molecule has 0 spiro atoms. The highest BCUT2D eigenvalue weighted by Gasteiger charge is 2.33. The van der Waals surface area contributed by atoms with Gasteiger partial charge in [-0.1, -0.05) is 42.8 Å². The Morgan fingerprint density at radius 2 is 1.70 bits per heavy atom. The van der Waals surface area contributed by atoms with Crippen LogP contribution >= 0.6 is 0 Å². The standard InChI is InChI=1S/C32H35F4N3O3S/c33-27-12-9-23(10-13-27)30(38-43(41,42)29-6-4-5-26(19-29)32(34,35)36)20-31(40)37-28-14-11-24-17-22(7-8-25(24)18-28)21-39-15-2-1-3-16-39/h4-10,12-13,17,19,28,30,38H,1-3,11,14-16,18,20-21H2,(H,37,40). The maximum atomic E-state index is 13.6. The van der Waals surface area contributed by atoms with Gasteiger partial charge in [0.2, 0.25) is 15.9 Å². The van der Waals surface area contributed by atoms with Crippen molar-refractivity contribution >= 4 is 15.9 Å². The Kier molecular flexibility index (Phi) is 9.53. The van der Waals surface area contributed by atoms with E-state index in [-0.39, 0.29) is 12.5 Å². The van der Waals surface area contributed by atoms with E-state index in [1.54, 1.807) is 0 Å². The minimum absolute atomic E-state index is 0.151. The highest BCUT2D eigenvalue weighted by molar-refractivity contribution is 7.89. The third kappa shape index (κ3) is 8.21. The number of rotatable bonds is 9. The molecule has 230 valence electrons. The van der Waals surface area contributed by atoms with E-state index < -0.39 is 44.4 Å². The van der Waals surface area contributed by atoms with Crippen molar-refractivity contribution in [1.82, 2.24) is 14.9 Å². The van der Waals surface area contributed by atoms with Gasteiger partial charge in [0, 0.05) is 19.0 Å². The van der Waals surface area contributed by atoms with Gasteiger partial charge in [-0.15, -0.1) is 0 Å².